The number of methoxy groups -OCH3 is 2. The van der Waals surface area contributed by atoms with E-state index in [0.29, 0.717) is 0 Å². The van der Waals surface area contributed by atoms with Crippen LogP contribution in [-0.2, 0) is 12.1 Å². The number of aliphatic hydroxyl groups is 1. The number of hydrogen-bond donors (Lipinski definition) is 1. The summed E-state index contributed by atoms with van der Waals surface area (Å²) in [6, 6.07) is 14.0. The van der Waals surface area contributed by atoms with Crippen LogP contribution in [0.1, 0.15) is 24.0 Å². The predicted octanol–water partition coefficient (Wildman–Crippen LogP) is 3.95. The second-order valence-electron chi connectivity index (χ2n) is 6.54. The fourth-order valence-electron chi connectivity index (χ4n) is 3.35. The average molecular weight is 406 g/mol. The van der Waals surface area contributed by atoms with Gasteiger partial charge in [-0.25, -0.2) is 0 Å². The van der Waals surface area contributed by atoms with Crippen molar-refractivity contribution in [2.45, 2.75) is 25.0 Å². The quantitative estimate of drug-likeness (QED) is 0.817. The number of benzene rings is 2. The molecule has 0 amide bonds. The summed E-state index contributed by atoms with van der Waals surface area (Å²) in [6.45, 7) is 2.53. The lowest BCUT2D eigenvalue weighted by Crippen LogP contribution is -2.42. The van der Waals surface area contributed by atoms with Gasteiger partial charge in [-0.1, -0.05) is 28.1 Å². The Hall–Kier alpha value is -1.56. The van der Waals surface area contributed by atoms with Gasteiger partial charge in [0.25, 0.3) is 0 Å². The predicted molar refractivity (Wildman–Crippen MR) is 102 cm³/mol. The minimum Gasteiger partial charge on any atom is -0.497 e. The molecular weight excluding hydrogens is 382 g/mol. The molecule has 25 heavy (non-hydrogen) atoms. The standard InChI is InChI=1S/C20H24BrNO3/c1-24-18-11-15(12-19(13-18)25-2)14-22-9-7-20(23,8-10-22)16-3-5-17(21)6-4-16/h3-6,11-13,23H,7-10,14H2,1-2H3. The average Bonchev–Trinajstić information content (AvgIpc) is 2.64. The van der Waals surface area contributed by atoms with Crippen molar-refractivity contribution in [1.29, 1.82) is 0 Å². The number of nitrogens with zero attached hydrogens (tertiary/aromatic N) is 1. The zero-order valence-electron chi connectivity index (χ0n) is 14.7. The third kappa shape index (κ3) is 4.35. The van der Waals surface area contributed by atoms with Crippen molar-refractivity contribution >= 4 is 15.9 Å². The van der Waals surface area contributed by atoms with E-state index in [1.165, 1.54) is 0 Å². The molecule has 3 rings (SSSR count). The maximum absolute atomic E-state index is 11.0. The van der Waals surface area contributed by atoms with E-state index in [1.54, 1.807) is 14.2 Å². The van der Waals surface area contributed by atoms with Crippen LogP contribution in [0.5, 0.6) is 11.5 Å². The number of likely N-dealkylation sites (tertiary alicyclic amines) is 1. The molecule has 134 valence electrons. The van der Waals surface area contributed by atoms with Gasteiger partial charge in [0.05, 0.1) is 19.8 Å². The third-order valence-electron chi connectivity index (χ3n) is 4.88. The molecule has 1 aliphatic heterocycles. The van der Waals surface area contributed by atoms with Crippen LogP contribution in [0.4, 0.5) is 0 Å². The van der Waals surface area contributed by atoms with Crippen molar-refractivity contribution in [2.24, 2.45) is 0 Å². The lowest BCUT2D eigenvalue weighted by Gasteiger charge is -2.38. The lowest BCUT2D eigenvalue weighted by atomic mass is 9.84. The van der Waals surface area contributed by atoms with E-state index in [-0.39, 0.29) is 0 Å². The van der Waals surface area contributed by atoms with E-state index in [4.69, 9.17) is 9.47 Å². The molecule has 5 heteroatoms. The molecule has 0 atom stereocenters. The van der Waals surface area contributed by atoms with Gasteiger partial charge in [-0.05, 0) is 48.2 Å². The van der Waals surface area contributed by atoms with E-state index >= 15 is 0 Å². The summed E-state index contributed by atoms with van der Waals surface area (Å²) < 4.78 is 11.7. The summed E-state index contributed by atoms with van der Waals surface area (Å²) in [7, 11) is 3.33. The first-order valence-electron chi connectivity index (χ1n) is 8.45. The van der Waals surface area contributed by atoms with E-state index in [1.807, 2.05) is 42.5 Å². The molecule has 0 spiro atoms. The highest BCUT2D eigenvalue weighted by molar-refractivity contribution is 9.10. The topological polar surface area (TPSA) is 41.9 Å². The molecular formula is C20H24BrNO3. The van der Waals surface area contributed by atoms with Crippen LogP contribution in [0.2, 0.25) is 0 Å². The molecule has 0 bridgehead atoms. The van der Waals surface area contributed by atoms with E-state index < -0.39 is 5.60 Å². The van der Waals surface area contributed by atoms with Crippen LogP contribution in [0.15, 0.2) is 46.9 Å². The number of rotatable bonds is 5. The van der Waals surface area contributed by atoms with Crippen LogP contribution in [0.25, 0.3) is 0 Å². The first kappa shape index (κ1) is 18.2. The summed E-state index contributed by atoms with van der Waals surface area (Å²) in [5.41, 5.74) is 1.42. The van der Waals surface area contributed by atoms with Gasteiger partial charge in [-0.3, -0.25) is 4.90 Å². The highest BCUT2D eigenvalue weighted by Gasteiger charge is 2.33. The molecule has 0 aliphatic carbocycles. The molecule has 0 aromatic heterocycles. The van der Waals surface area contributed by atoms with Crippen LogP contribution >= 0.6 is 15.9 Å². The molecule has 1 saturated heterocycles. The van der Waals surface area contributed by atoms with E-state index in [9.17, 15) is 5.11 Å². The second kappa shape index (κ2) is 7.77. The first-order chi connectivity index (χ1) is 12.0. The van der Waals surface area contributed by atoms with Gasteiger partial charge in [0, 0.05) is 30.2 Å². The van der Waals surface area contributed by atoms with Crippen molar-refractivity contribution < 1.29 is 14.6 Å². The van der Waals surface area contributed by atoms with Crippen molar-refractivity contribution in [3.63, 3.8) is 0 Å². The number of hydrogen-bond acceptors (Lipinski definition) is 4. The number of halogens is 1. The van der Waals surface area contributed by atoms with E-state index in [0.717, 1.165) is 59.6 Å². The summed E-state index contributed by atoms with van der Waals surface area (Å²) in [5.74, 6) is 1.61. The molecule has 0 unspecified atom stereocenters. The highest BCUT2D eigenvalue weighted by atomic mass is 79.9. The van der Waals surface area contributed by atoms with Crippen molar-refractivity contribution in [3.05, 3.63) is 58.1 Å². The lowest BCUT2D eigenvalue weighted by molar-refractivity contribution is -0.0277. The maximum Gasteiger partial charge on any atom is 0.122 e. The third-order valence-corrected chi connectivity index (χ3v) is 5.41. The van der Waals surface area contributed by atoms with Gasteiger partial charge in [0.1, 0.15) is 11.5 Å². The molecule has 0 saturated carbocycles. The zero-order chi connectivity index (χ0) is 17.9. The number of piperidine rings is 1. The zero-order valence-corrected chi connectivity index (χ0v) is 16.3. The normalized spacial score (nSPS) is 17.3. The molecule has 1 heterocycles. The highest BCUT2D eigenvalue weighted by Crippen LogP contribution is 2.34. The van der Waals surface area contributed by atoms with Gasteiger partial charge in [0.2, 0.25) is 0 Å². The Kier molecular flexibility index (Phi) is 5.67. The largest absolute Gasteiger partial charge is 0.497 e. The molecule has 2 aromatic rings. The molecule has 1 N–H and O–H groups in total. The summed E-state index contributed by atoms with van der Waals surface area (Å²) in [6.07, 6.45) is 1.46. The molecule has 4 nitrogen and oxygen atoms in total. The number of ether oxygens (including phenoxy) is 2. The minimum absolute atomic E-state index is 0.732. The molecule has 1 fully saturated rings. The van der Waals surface area contributed by atoms with Crippen LogP contribution < -0.4 is 9.47 Å². The summed E-state index contributed by atoms with van der Waals surface area (Å²) in [5, 5.41) is 11.0. The smallest absolute Gasteiger partial charge is 0.122 e. The Bertz CT molecular complexity index is 687. The second-order valence-corrected chi connectivity index (χ2v) is 7.45. The fraction of sp³-hybridized carbons (Fsp3) is 0.400. The Morgan fingerprint density at radius 2 is 1.56 bits per heavy atom. The molecule has 1 aliphatic rings. The molecule has 0 radical (unpaired) electrons. The SMILES string of the molecule is COc1cc(CN2CCC(O)(c3ccc(Br)cc3)CC2)cc(OC)c1. The fourth-order valence-corrected chi connectivity index (χ4v) is 3.61. The molecule has 2 aromatic carbocycles. The van der Waals surface area contributed by atoms with E-state index in [2.05, 4.69) is 20.8 Å². The van der Waals surface area contributed by atoms with Crippen LogP contribution in [0, 0.1) is 0 Å². The van der Waals surface area contributed by atoms with Crippen molar-refractivity contribution in [2.75, 3.05) is 27.3 Å². The monoisotopic (exact) mass is 405 g/mol. The summed E-state index contributed by atoms with van der Waals surface area (Å²) >= 11 is 3.45. The van der Waals surface area contributed by atoms with Gasteiger partial charge in [-0.2, -0.15) is 0 Å². The van der Waals surface area contributed by atoms with Gasteiger partial charge >= 0.3 is 0 Å². The summed E-state index contributed by atoms with van der Waals surface area (Å²) in [4.78, 5) is 2.36. The van der Waals surface area contributed by atoms with Gasteiger partial charge in [-0.15, -0.1) is 0 Å². The Morgan fingerprint density at radius 1 is 1.00 bits per heavy atom. The Labute approximate surface area is 157 Å². The van der Waals surface area contributed by atoms with Gasteiger partial charge < -0.3 is 14.6 Å². The Morgan fingerprint density at radius 3 is 2.08 bits per heavy atom. The van der Waals surface area contributed by atoms with Crippen LogP contribution in [-0.4, -0.2) is 37.3 Å². The first-order valence-corrected chi connectivity index (χ1v) is 9.24. The van der Waals surface area contributed by atoms with Crippen molar-refractivity contribution in [1.82, 2.24) is 4.90 Å². The minimum atomic E-state index is -0.733. The van der Waals surface area contributed by atoms with Gasteiger partial charge in [0.15, 0.2) is 0 Å². The maximum atomic E-state index is 11.0. The van der Waals surface area contributed by atoms with Crippen molar-refractivity contribution in [3.8, 4) is 11.5 Å². The Balaban J connectivity index is 1.65. The van der Waals surface area contributed by atoms with Crippen LogP contribution in [0.3, 0.4) is 0 Å².